The van der Waals surface area contributed by atoms with Crippen LogP contribution in [0.4, 0.5) is 4.79 Å². The molecule has 0 unspecified atom stereocenters. The van der Waals surface area contributed by atoms with E-state index in [2.05, 4.69) is 0 Å². The number of aliphatic hydroxyl groups is 1. The van der Waals surface area contributed by atoms with Crippen LogP contribution in [0, 0.1) is 0 Å². The van der Waals surface area contributed by atoms with Crippen molar-refractivity contribution in [3.05, 3.63) is 0 Å². The van der Waals surface area contributed by atoms with Crippen molar-refractivity contribution in [2.75, 3.05) is 26.8 Å². The third kappa shape index (κ3) is 7.48. The fourth-order valence-corrected chi connectivity index (χ4v) is 0.875. The van der Waals surface area contributed by atoms with Crippen molar-refractivity contribution in [1.82, 2.24) is 4.90 Å². The molecule has 0 saturated carbocycles. The van der Waals surface area contributed by atoms with E-state index in [9.17, 15) is 4.79 Å². The van der Waals surface area contributed by atoms with Crippen molar-refractivity contribution in [1.29, 1.82) is 0 Å². The second-order valence-electron chi connectivity index (χ2n) is 4.77. The minimum absolute atomic E-state index is 0.0177. The van der Waals surface area contributed by atoms with Crippen LogP contribution in [0.3, 0.4) is 0 Å². The lowest BCUT2D eigenvalue weighted by Crippen LogP contribution is -2.36. The van der Waals surface area contributed by atoms with Gasteiger partial charge in [-0.2, -0.15) is 0 Å². The topological polar surface area (TPSA) is 59.0 Å². The molecule has 0 aliphatic rings. The fraction of sp³-hybridized carbons (Fsp3) is 0.909. The van der Waals surface area contributed by atoms with Crippen molar-refractivity contribution in [2.24, 2.45) is 0 Å². The maximum absolute atomic E-state index is 11.5. The molecular formula is C11H23NO4. The van der Waals surface area contributed by atoms with Gasteiger partial charge in [-0.15, -0.1) is 0 Å². The summed E-state index contributed by atoms with van der Waals surface area (Å²) in [6.07, 6.45) is -0.570. The normalized spacial score (nSPS) is 13.4. The Balaban J connectivity index is 3.80. The molecule has 0 fully saturated rings. The Kier molecular flexibility index (Phi) is 6.36. The lowest BCUT2D eigenvalue weighted by molar-refractivity contribution is 0.00250. The van der Waals surface area contributed by atoms with Crippen LogP contribution in [0.25, 0.3) is 0 Å². The summed E-state index contributed by atoms with van der Waals surface area (Å²) >= 11 is 0. The van der Waals surface area contributed by atoms with E-state index in [-0.39, 0.29) is 18.8 Å². The maximum atomic E-state index is 11.5. The number of rotatable bonds is 5. The Hall–Kier alpha value is -0.810. The van der Waals surface area contributed by atoms with E-state index in [1.165, 1.54) is 4.90 Å². The third-order valence-electron chi connectivity index (χ3n) is 1.79. The lowest BCUT2D eigenvalue weighted by Gasteiger charge is -2.24. The molecular weight excluding hydrogens is 210 g/mol. The highest BCUT2D eigenvalue weighted by atomic mass is 16.6. The highest BCUT2D eigenvalue weighted by molar-refractivity contribution is 5.67. The van der Waals surface area contributed by atoms with Crippen molar-refractivity contribution in [3.63, 3.8) is 0 Å². The Bertz CT molecular complexity index is 213. The minimum atomic E-state index is -0.482. The van der Waals surface area contributed by atoms with E-state index in [1.54, 1.807) is 14.0 Å². The van der Waals surface area contributed by atoms with E-state index in [1.807, 2.05) is 20.8 Å². The van der Waals surface area contributed by atoms with Gasteiger partial charge in [0.15, 0.2) is 0 Å². The van der Waals surface area contributed by atoms with Crippen molar-refractivity contribution in [3.8, 4) is 0 Å². The largest absolute Gasteiger partial charge is 0.444 e. The fourth-order valence-electron chi connectivity index (χ4n) is 0.875. The number of hydrogen-bond donors (Lipinski definition) is 1. The Morgan fingerprint density at radius 3 is 2.44 bits per heavy atom. The molecule has 0 aromatic heterocycles. The summed E-state index contributed by atoms with van der Waals surface area (Å²) in [5, 5.41) is 8.73. The molecule has 1 atom stereocenters. The minimum Gasteiger partial charge on any atom is -0.444 e. The van der Waals surface area contributed by atoms with Crippen LogP contribution in [0.5, 0.6) is 0 Å². The van der Waals surface area contributed by atoms with Crippen LogP contribution < -0.4 is 0 Å². The second-order valence-corrected chi connectivity index (χ2v) is 4.77. The van der Waals surface area contributed by atoms with Gasteiger partial charge in [0.1, 0.15) is 5.60 Å². The zero-order valence-corrected chi connectivity index (χ0v) is 10.8. The molecule has 0 aromatic rings. The maximum Gasteiger partial charge on any atom is 0.410 e. The van der Waals surface area contributed by atoms with Gasteiger partial charge in [0.2, 0.25) is 0 Å². The Morgan fingerprint density at radius 2 is 2.00 bits per heavy atom. The van der Waals surface area contributed by atoms with Gasteiger partial charge in [-0.1, -0.05) is 0 Å². The van der Waals surface area contributed by atoms with Gasteiger partial charge in [0.25, 0.3) is 0 Å². The van der Waals surface area contributed by atoms with E-state index in [0.717, 1.165) is 0 Å². The Labute approximate surface area is 97.3 Å². The van der Waals surface area contributed by atoms with Gasteiger partial charge >= 0.3 is 6.09 Å². The molecule has 96 valence electrons. The molecule has 1 N–H and O–H groups in total. The standard InChI is InChI=1S/C11H23NO4/c1-9(8-13)15-7-6-12(5)10(14)16-11(2,3)4/h9,13H,6-8H2,1-5H3/t9-/m1/s1. The molecule has 1 amide bonds. The van der Waals surface area contributed by atoms with Crippen LogP contribution in [0.1, 0.15) is 27.7 Å². The average molecular weight is 233 g/mol. The van der Waals surface area contributed by atoms with E-state index in [4.69, 9.17) is 14.6 Å². The predicted octanol–water partition coefficient (Wildman–Crippen LogP) is 1.25. The summed E-state index contributed by atoms with van der Waals surface area (Å²) < 4.78 is 10.4. The zero-order valence-electron chi connectivity index (χ0n) is 10.8. The van der Waals surface area contributed by atoms with Crippen molar-refractivity contribution >= 4 is 6.09 Å². The van der Waals surface area contributed by atoms with Gasteiger partial charge in [-0.3, -0.25) is 0 Å². The van der Waals surface area contributed by atoms with Crippen LogP contribution in [-0.2, 0) is 9.47 Å². The number of likely N-dealkylation sites (N-methyl/N-ethyl adjacent to an activating group) is 1. The van der Waals surface area contributed by atoms with Crippen LogP contribution in [-0.4, -0.2) is 54.6 Å². The number of carbonyl (C=O) groups is 1. The first kappa shape index (κ1) is 15.2. The first-order chi connectivity index (χ1) is 7.26. The van der Waals surface area contributed by atoms with E-state index in [0.29, 0.717) is 13.2 Å². The summed E-state index contributed by atoms with van der Waals surface area (Å²) in [6, 6.07) is 0. The molecule has 0 aliphatic carbocycles. The van der Waals surface area contributed by atoms with Crippen molar-refractivity contribution in [2.45, 2.75) is 39.4 Å². The molecule has 5 heteroatoms. The highest BCUT2D eigenvalue weighted by Gasteiger charge is 2.19. The number of amides is 1. The summed E-state index contributed by atoms with van der Waals surface area (Å²) in [5.41, 5.74) is -0.482. The SMILES string of the molecule is C[C@H](CO)OCCN(C)C(=O)OC(C)(C)C. The lowest BCUT2D eigenvalue weighted by atomic mass is 10.2. The van der Waals surface area contributed by atoms with E-state index >= 15 is 0 Å². The number of carbonyl (C=O) groups excluding carboxylic acids is 1. The number of nitrogens with zero attached hydrogens (tertiary/aromatic N) is 1. The van der Waals surface area contributed by atoms with Gasteiger partial charge in [0.05, 0.1) is 19.3 Å². The quantitative estimate of drug-likeness (QED) is 0.776. The number of aliphatic hydroxyl groups excluding tert-OH is 1. The van der Waals surface area contributed by atoms with E-state index < -0.39 is 5.60 Å². The van der Waals surface area contributed by atoms with Gasteiger partial charge in [0, 0.05) is 13.6 Å². The smallest absolute Gasteiger partial charge is 0.410 e. The first-order valence-electron chi connectivity index (χ1n) is 5.43. The molecule has 16 heavy (non-hydrogen) atoms. The van der Waals surface area contributed by atoms with Crippen LogP contribution in [0.15, 0.2) is 0 Å². The molecule has 5 nitrogen and oxygen atoms in total. The van der Waals surface area contributed by atoms with Crippen LogP contribution in [0.2, 0.25) is 0 Å². The molecule has 0 saturated heterocycles. The average Bonchev–Trinajstić information content (AvgIpc) is 2.14. The van der Waals surface area contributed by atoms with Gasteiger partial charge in [-0.05, 0) is 27.7 Å². The Morgan fingerprint density at radius 1 is 1.44 bits per heavy atom. The third-order valence-corrected chi connectivity index (χ3v) is 1.79. The predicted molar refractivity (Wildman–Crippen MR) is 61.4 cm³/mol. The molecule has 0 rings (SSSR count). The number of hydrogen-bond acceptors (Lipinski definition) is 4. The van der Waals surface area contributed by atoms with Crippen molar-refractivity contribution < 1.29 is 19.4 Å². The summed E-state index contributed by atoms with van der Waals surface area (Å²) in [5.74, 6) is 0. The molecule has 0 heterocycles. The first-order valence-corrected chi connectivity index (χ1v) is 5.43. The molecule has 0 radical (unpaired) electrons. The number of ether oxygens (including phenoxy) is 2. The molecule has 0 aromatic carbocycles. The molecule has 0 bridgehead atoms. The zero-order chi connectivity index (χ0) is 12.8. The molecule has 0 spiro atoms. The van der Waals surface area contributed by atoms with Gasteiger partial charge in [-0.25, -0.2) is 4.79 Å². The van der Waals surface area contributed by atoms with Gasteiger partial charge < -0.3 is 19.5 Å². The summed E-state index contributed by atoms with van der Waals surface area (Å²) in [7, 11) is 1.65. The highest BCUT2D eigenvalue weighted by Crippen LogP contribution is 2.08. The summed E-state index contributed by atoms with van der Waals surface area (Å²) in [4.78, 5) is 13.0. The monoisotopic (exact) mass is 233 g/mol. The van der Waals surface area contributed by atoms with Crippen LogP contribution >= 0.6 is 0 Å². The molecule has 0 aliphatic heterocycles. The summed E-state index contributed by atoms with van der Waals surface area (Å²) in [6.45, 7) is 8.05. The second kappa shape index (κ2) is 6.70.